The van der Waals surface area contributed by atoms with Crippen molar-refractivity contribution in [1.82, 2.24) is 9.80 Å². The number of nitrogens with zero attached hydrogens (tertiary/aromatic N) is 3. The van der Waals surface area contributed by atoms with E-state index in [1.165, 1.54) is 0 Å². The summed E-state index contributed by atoms with van der Waals surface area (Å²) in [5.74, 6) is 0. The summed E-state index contributed by atoms with van der Waals surface area (Å²) in [4.78, 5) is 15.3. The molecule has 1 aliphatic heterocycles. The predicted molar refractivity (Wildman–Crippen MR) is 60.0 cm³/mol. The third kappa shape index (κ3) is 3.54. The number of carbonyl (C=O) groups is 1. The van der Waals surface area contributed by atoms with Crippen LogP contribution in [-0.2, 0) is 4.74 Å². The highest BCUT2D eigenvalue weighted by Crippen LogP contribution is 2.12. The van der Waals surface area contributed by atoms with Crippen LogP contribution < -0.4 is 0 Å². The number of hydrogen-bond donors (Lipinski definition) is 0. The van der Waals surface area contributed by atoms with Crippen LogP contribution in [0.25, 0.3) is 0 Å². The first-order chi connectivity index (χ1) is 7.54. The Hall–Kier alpha value is -0.990. The van der Waals surface area contributed by atoms with Crippen molar-refractivity contribution in [3.63, 3.8) is 0 Å². The quantitative estimate of drug-likeness (QED) is 0.687. The molecule has 16 heavy (non-hydrogen) atoms. The maximum atomic E-state index is 11.6. The van der Waals surface area contributed by atoms with E-state index in [1.807, 2.05) is 7.05 Å². The molecule has 0 saturated carbocycles. The molecule has 0 aromatic heterocycles. The molecule has 90 valence electrons. The van der Waals surface area contributed by atoms with E-state index in [-0.39, 0.29) is 6.04 Å². The van der Waals surface area contributed by atoms with Gasteiger partial charge in [-0.1, -0.05) is 11.6 Å². The molecule has 1 saturated heterocycles. The monoisotopic (exact) mass is 245 g/mol. The Morgan fingerprint density at radius 3 is 2.94 bits per heavy atom. The summed E-state index contributed by atoms with van der Waals surface area (Å²) in [5.41, 5.74) is -0.624. The lowest BCUT2D eigenvalue weighted by Gasteiger charge is -2.37. The topological polar surface area (TPSA) is 56.6 Å². The number of carbonyl (C=O) groups excluding carboxylic acids is 1. The van der Waals surface area contributed by atoms with E-state index in [9.17, 15) is 4.79 Å². The summed E-state index contributed by atoms with van der Waals surface area (Å²) in [6.45, 7) is 3.48. The van der Waals surface area contributed by atoms with E-state index in [0.717, 1.165) is 6.54 Å². The summed E-state index contributed by atoms with van der Waals surface area (Å²) in [6.07, 6.45) is 0.00927. The van der Waals surface area contributed by atoms with Gasteiger partial charge in [0.05, 0.1) is 12.5 Å². The molecule has 0 N–H and O–H groups in total. The molecule has 0 aromatic rings. The van der Waals surface area contributed by atoms with Crippen molar-refractivity contribution in [2.24, 2.45) is 0 Å². The number of amides is 1. The van der Waals surface area contributed by atoms with Crippen molar-refractivity contribution in [3.8, 4) is 6.07 Å². The second-order valence-corrected chi connectivity index (χ2v) is 4.48. The van der Waals surface area contributed by atoms with Crippen LogP contribution in [0, 0.1) is 11.3 Å². The Morgan fingerprint density at radius 2 is 2.38 bits per heavy atom. The maximum Gasteiger partial charge on any atom is 0.411 e. The molecule has 0 bridgehead atoms. The highest BCUT2D eigenvalue weighted by atomic mass is 35.5. The van der Waals surface area contributed by atoms with E-state index >= 15 is 0 Å². The van der Waals surface area contributed by atoms with Crippen LogP contribution in [0.5, 0.6) is 0 Å². The van der Waals surface area contributed by atoms with Gasteiger partial charge in [0.2, 0.25) is 0 Å². The maximum absolute atomic E-state index is 11.6. The first kappa shape index (κ1) is 13.1. The minimum Gasteiger partial charge on any atom is -0.430 e. The minimum atomic E-state index is -0.624. The van der Waals surface area contributed by atoms with Gasteiger partial charge in [-0.05, 0) is 14.0 Å². The number of piperazine rings is 1. The number of nitriles is 1. The highest BCUT2D eigenvalue weighted by Gasteiger charge is 2.28. The molecule has 2 atom stereocenters. The van der Waals surface area contributed by atoms with Gasteiger partial charge in [0.1, 0.15) is 0 Å². The van der Waals surface area contributed by atoms with Gasteiger partial charge in [-0.2, -0.15) is 5.26 Å². The molecule has 1 heterocycles. The first-order valence-electron chi connectivity index (χ1n) is 5.21. The van der Waals surface area contributed by atoms with Crippen molar-refractivity contribution in [2.75, 3.05) is 26.7 Å². The lowest BCUT2D eigenvalue weighted by molar-refractivity contribution is 0.0574. The molecule has 1 fully saturated rings. The second-order valence-electron chi connectivity index (χ2n) is 3.87. The number of likely N-dealkylation sites (N-methyl/N-ethyl adjacent to an activating group) is 1. The Kier molecular flexibility index (Phi) is 4.84. The predicted octanol–water partition coefficient (Wildman–Crippen LogP) is 1.24. The van der Waals surface area contributed by atoms with E-state index in [1.54, 1.807) is 11.8 Å². The van der Waals surface area contributed by atoms with Gasteiger partial charge in [-0.25, -0.2) is 4.79 Å². The summed E-state index contributed by atoms with van der Waals surface area (Å²) in [6, 6.07) is 2.20. The molecular formula is C10H16ClN3O2. The SMILES string of the molecule is CC(Cl)OC(=O)N1CCN(C)C(CC#N)C1. The Bertz CT molecular complexity index is 290. The third-order valence-electron chi connectivity index (χ3n) is 2.63. The van der Waals surface area contributed by atoms with Crippen LogP contribution in [0.15, 0.2) is 0 Å². The summed E-state index contributed by atoms with van der Waals surface area (Å²) >= 11 is 5.59. The molecule has 0 aromatic carbocycles. The van der Waals surface area contributed by atoms with Crippen molar-refractivity contribution >= 4 is 17.7 Å². The van der Waals surface area contributed by atoms with Crippen molar-refractivity contribution < 1.29 is 9.53 Å². The Labute approximate surface area is 101 Å². The molecule has 0 spiro atoms. The smallest absolute Gasteiger partial charge is 0.411 e. The zero-order chi connectivity index (χ0) is 12.1. The number of alkyl halides is 1. The zero-order valence-electron chi connectivity index (χ0n) is 9.52. The van der Waals surface area contributed by atoms with Crippen LogP contribution in [0.1, 0.15) is 13.3 Å². The first-order valence-corrected chi connectivity index (χ1v) is 5.65. The van der Waals surface area contributed by atoms with Gasteiger partial charge in [0, 0.05) is 25.7 Å². The molecule has 2 unspecified atom stereocenters. The zero-order valence-corrected chi connectivity index (χ0v) is 10.3. The van der Waals surface area contributed by atoms with Gasteiger partial charge in [0.15, 0.2) is 5.56 Å². The van der Waals surface area contributed by atoms with Gasteiger partial charge >= 0.3 is 6.09 Å². The molecule has 1 rings (SSSR count). The summed E-state index contributed by atoms with van der Waals surface area (Å²) in [7, 11) is 1.95. The number of halogens is 1. The highest BCUT2D eigenvalue weighted by molar-refractivity contribution is 6.19. The normalized spacial score (nSPS) is 23.6. The number of rotatable bonds is 2. The largest absolute Gasteiger partial charge is 0.430 e. The Morgan fingerprint density at radius 1 is 1.69 bits per heavy atom. The Balaban J connectivity index is 2.51. The standard InChI is InChI=1S/C10H16ClN3O2/c1-8(11)16-10(15)14-6-5-13(2)9(7-14)3-4-12/h8-9H,3,5-7H2,1-2H3. The van der Waals surface area contributed by atoms with Crippen LogP contribution in [-0.4, -0.2) is 54.2 Å². The number of ether oxygens (including phenoxy) is 1. The van der Waals surface area contributed by atoms with Gasteiger partial charge < -0.3 is 9.64 Å². The van der Waals surface area contributed by atoms with Gasteiger partial charge in [-0.15, -0.1) is 0 Å². The van der Waals surface area contributed by atoms with Crippen LogP contribution in [0.3, 0.4) is 0 Å². The fourth-order valence-electron chi connectivity index (χ4n) is 1.65. The average Bonchev–Trinajstić information content (AvgIpc) is 2.20. The van der Waals surface area contributed by atoms with Crippen LogP contribution in [0.4, 0.5) is 4.79 Å². The molecule has 1 amide bonds. The van der Waals surface area contributed by atoms with Crippen LogP contribution in [0.2, 0.25) is 0 Å². The van der Waals surface area contributed by atoms with E-state index in [0.29, 0.717) is 19.5 Å². The lowest BCUT2D eigenvalue weighted by atomic mass is 10.1. The van der Waals surface area contributed by atoms with Crippen molar-refractivity contribution in [2.45, 2.75) is 24.9 Å². The van der Waals surface area contributed by atoms with E-state index < -0.39 is 11.7 Å². The third-order valence-corrected chi connectivity index (χ3v) is 2.71. The van der Waals surface area contributed by atoms with Gasteiger partial charge in [-0.3, -0.25) is 4.90 Å². The molecule has 5 nitrogen and oxygen atoms in total. The van der Waals surface area contributed by atoms with E-state index in [2.05, 4.69) is 11.0 Å². The van der Waals surface area contributed by atoms with Crippen molar-refractivity contribution in [1.29, 1.82) is 5.26 Å². The molecule has 6 heteroatoms. The molecule has 0 aliphatic carbocycles. The minimum absolute atomic E-state index is 0.0805. The average molecular weight is 246 g/mol. The summed E-state index contributed by atoms with van der Waals surface area (Å²) < 4.78 is 4.90. The van der Waals surface area contributed by atoms with Crippen molar-refractivity contribution in [3.05, 3.63) is 0 Å². The fraction of sp³-hybridized carbons (Fsp3) is 0.800. The van der Waals surface area contributed by atoms with Gasteiger partial charge in [0.25, 0.3) is 0 Å². The van der Waals surface area contributed by atoms with E-state index in [4.69, 9.17) is 21.6 Å². The summed E-state index contributed by atoms with van der Waals surface area (Å²) in [5, 5.41) is 8.67. The molecular weight excluding hydrogens is 230 g/mol. The lowest BCUT2D eigenvalue weighted by Crippen LogP contribution is -2.53. The van der Waals surface area contributed by atoms with Crippen LogP contribution >= 0.6 is 11.6 Å². The molecule has 1 aliphatic rings. The molecule has 0 radical (unpaired) electrons. The second kappa shape index (κ2) is 5.92. The fourth-order valence-corrected chi connectivity index (χ4v) is 1.73. The number of hydrogen-bond acceptors (Lipinski definition) is 4.